The maximum Gasteiger partial charge on any atom is 0.416 e. The quantitative estimate of drug-likeness (QED) is 0.505. The van der Waals surface area contributed by atoms with Crippen LogP contribution in [0.2, 0.25) is 0 Å². The van der Waals surface area contributed by atoms with Crippen molar-refractivity contribution in [3.63, 3.8) is 0 Å². The van der Waals surface area contributed by atoms with Crippen LogP contribution < -0.4 is 4.90 Å². The van der Waals surface area contributed by atoms with E-state index in [1.807, 2.05) is 41.5 Å². The fourth-order valence-electron chi connectivity index (χ4n) is 4.34. The third kappa shape index (κ3) is 4.89. The minimum atomic E-state index is -4.48. The number of aromatic nitrogens is 4. The van der Waals surface area contributed by atoms with E-state index in [0.29, 0.717) is 24.6 Å². The molecule has 0 spiro atoms. The third-order valence-corrected chi connectivity index (χ3v) is 5.96. The summed E-state index contributed by atoms with van der Waals surface area (Å²) < 4.78 is 46.9. The van der Waals surface area contributed by atoms with Crippen molar-refractivity contribution in [2.24, 2.45) is 0 Å². The minimum Gasteiger partial charge on any atom is -0.444 e. The van der Waals surface area contributed by atoms with Crippen LogP contribution in [-0.2, 0) is 10.9 Å². The van der Waals surface area contributed by atoms with E-state index in [-0.39, 0.29) is 24.0 Å². The van der Waals surface area contributed by atoms with Gasteiger partial charge >= 0.3 is 12.3 Å². The van der Waals surface area contributed by atoms with Gasteiger partial charge in [0.15, 0.2) is 5.65 Å². The summed E-state index contributed by atoms with van der Waals surface area (Å²) in [5.41, 5.74) is -0.0945. The molecule has 8 nitrogen and oxygen atoms in total. The molecule has 1 aliphatic heterocycles. The molecule has 1 amide bonds. The molecular formula is C24H29F3N6O2. The van der Waals surface area contributed by atoms with Gasteiger partial charge in [0, 0.05) is 37.6 Å². The lowest BCUT2D eigenvalue weighted by molar-refractivity contribution is -0.137. The SMILES string of the molecule is Cc1cn(-c2cc(C(F)(F)F)ccn2)c2ncnc(N3C[C@H](C)N(C(=O)OC(C)(C)C)CC3C)c12. The Kier molecular flexibility index (Phi) is 6.14. The number of halogens is 3. The number of hydrogen-bond donors (Lipinski definition) is 0. The molecular weight excluding hydrogens is 461 g/mol. The lowest BCUT2D eigenvalue weighted by Crippen LogP contribution is -2.59. The summed E-state index contributed by atoms with van der Waals surface area (Å²) in [7, 11) is 0. The first-order valence-electron chi connectivity index (χ1n) is 11.4. The first kappa shape index (κ1) is 24.7. The third-order valence-electron chi connectivity index (χ3n) is 5.96. The Morgan fingerprint density at radius 1 is 1.09 bits per heavy atom. The molecule has 0 aliphatic carbocycles. The molecule has 0 saturated carbocycles. The molecule has 1 aliphatic rings. The molecule has 1 unspecified atom stereocenters. The Balaban J connectivity index is 1.70. The van der Waals surface area contributed by atoms with Gasteiger partial charge in [0.1, 0.15) is 23.6 Å². The Bertz CT molecular complexity index is 1250. The van der Waals surface area contributed by atoms with Gasteiger partial charge in [-0.25, -0.2) is 19.7 Å². The molecule has 0 aromatic carbocycles. The fraction of sp³-hybridized carbons (Fsp3) is 0.500. The van der Waals surface area contributed by atoms with Crippen molar-refractivity contribution in [2.75, 3.05) is 18.0 Å². The monoisotopic (exact) mass is 490 g/mol. The van der Waals surface area contributed by atoms with Crippen molar-refractivity contribution in [3.05, 3.63) is 42.0 Å². The summed E-state index contributed by atoms with van der Waals surface area (Å²) in [4.78, 5) is 29.6. The van der Waals surface area contributed by atoms with E-state index in [1.54, 1.807) is 15.7 Å². The van der Waals surface area contributed by atoms with Gasteiger partial charge in [-0.2, -0.15) is 13.2 Å². The van der Waals surface area contributed by atoms with Crippen molar-refractivity contribution in [1.82, 2.24) is 24.4 Å². The summed E-state index contributed by atoms with van der Waals surface area (Å²) in [6.45, 7) is 12.3. The van der Waals surface area contributed by atoms with Gasteiger partial charge in [-0.05, 0) is 59.2 Å². The number of pyridine rings is 1. The Labute approximate surface area is 201 Å². The maximum atomic E-state index is 13.3. The van der Waals surface area contributed by atoms with Crippen molar-refractivity contribution >= 4 is 22.9 Å². The molecule has 4 rings (SSSR count). The van der Waals surface area contributed by atoms with E-state index in [0.717, 1.165) is 29.3 Å². The summed E-state index contributed by atoms with van der Waals surface area (Å²) in [5, 5.41) is 0.733. The molecule has 0 radical (unpaired) electrons. The van der Waals surface area contributed by atoms with Crippen LogP contribution in [0.15, 0.2) is 30.9 Å². The van der Waals surface area contributed by atoms with E-state index in [4.69, 9.17) is 4.74 Å². The van der Waals surface area contributed by atoms with Crippen LogP contribution in [0.1, 0.15) is 45.7 Å². The van der Waals surface area contributed by atoms with Crippen molar-refractivity contribution < 1.29 is 22.7 Å². The lowest BCUT2D eigenvalue weighted by Gasteiger charge is -2.44. The highest BCUT2D eigenvalue weighted by molar-refractivity contribution is 5.92. The molecule has 4 heterocycles. The number of ether oxygens (including phenoxy) is 1. The number of alkyl halides is 3. The number of fused-ring (bicyclic) bond motifs is 1. The molecule has 35 heavy (non-hydrogen) atoms. The maximum absolute atomic E-state index is 13.3. The first-order chi connectivity index (χ1) is 16.3. The van der Waals surface area contributed by atoms with Crippen LogP contribution in [0.25, 0.3) is 16.9 Å². The molecule has 0 bridgehead atoms. The summed E-state index contributed by atoms with van der Waals surface area (Å²) in [6, 6.07) is 1.73. The zero-order chi connectivity index (χ0) is 25.7. The van der Waals surface area contributed by atoms with Crippen LogP contribution >= 0.6 is 0 Å². The Morgan fingerprint density at radius 3 is 2.46 bits per heavy atom. The molecule has 188 valence electrons. The number of amides is 1. The van der Waals surface area contributed by atoms with Crippen LogP contribution in [-0.4, -0.2) is 61.3 Å². The summed E-state index contributed by atoms with van der Waals surface area (Å²) in [6.07, 6.45) is -0.576. The average Bonchev–Trinajstić information content (AvgIpc) is 3.10. The number of hydrogen-bond acceptors (Lipinski definition) is 6. The topological polar surface area (TPSA) is 76.4 Å². The highest BCUT2D eigenvalue weighted by Crippen LogP contribution is 2.34. The highest BCUT2D eigenvalue weighted by Gasteiger charge is 2.36. The number of rotatable bonds is 2. The van der Waals surface area contributed by atoms with E-state index in [1.165, 1.54) is 6.33 Å². The van der Waals surface area contributed by atoms with Gasteiger partial charge in [-0.3, -0.25) is 4.57 Å². The normalized spacial score (nSPS) is 19.3. The molecule has 11 heteroatoms. The second-order valence-electron chi connectivity index (χ2n) is 9.96. The van der Waals surface area contributed by atoms with Gasteiger partial charge in [0.05, 0.1) is 10.9 Å². The number of piperazine rings is 1. The molecule has 1 saturated heterocycles. The number of aryl methyl sites for hydroxylation is 1. The summed E-state index contributed by atoms with van der Waals surface area (Å²) in [5.74, 6) is 0.792. The largest absolute Gasteiger partial charge is 0.444 e. The van der Waals surface area contributed by atoms with Crippen LogP contribution in [0.3, 0.4) is 0 Å². The summed E-state index contributed by atoms with van der Waals surface area (Å²) >= 11 is 0. The standard InChI is InChI=1S/C24H29F3N6O2/c1-14-10-33(18-9-17(7-8-28-18)24(25,26)27)21-19(14)20(29-13-30-21)31-11-16(3)32(12-15(31)2)22(34)35-23(4,5)6/h7-10,13,15-16H,11-12H2,1-6H3/t15?,16-/m0/s1. The van der Waals surface area contributed by atoms with Crippen molar-refractivity contribution in [3.8, 4) is 5.82 Å². The van der Waals surface area contributed by atoms with E-state index in [9.17, 15) is 18.0 Å². The van der Waals surface area contributed by atoms with E-state index in [2.05, 4.69) is 19.9 Å². The van der Waals surface area contributed by atoms with Crippen LogP contribution in [0.5, 0.6) is 0 Å². The fourth-order valence-corrected chi connectivity index (χ4v) is 4.34. The Morgan fingerprint density at radius 2 is 1.80 bits per heavy atom. The predicted octanol–water partition coefficient (Wildman–Crippen LogP) is 4.98. The second-order valence-corrected chi connectivity index (χ2v) is 9.96. The zero-order valence-electron chi connectivity index (χ0n) is 20.6. The number of nitrogens with zero attached hydrogens (tertiary/aromatic N) is 6. The number of carbonyl (C=O) groups is 1. The van der Waals surface area contributed by atoms with Crippen molar-refractivity contribution in [1.29, 1.82) is 0 Å². The van der Waals surface area contributed by atoms with Crippen LogP contribution in [0.4, 0.5) is 23.8 Å². The number of anilines is 1. The average molecular weight is 491 g/mol. The van der Waals surface area contributed by atoms with Gasteiger partial charge in [-0.15, -0.1) is 0 Å². The first-order valence-corrected chi connectivity index (χ1v) is 11.4. The zero-order valence-corrected chi connectivity index (χ0v) is 20.6. The van der Waals surface area contributed by atoms with Crippen LogP contribution in [0, 0.1) is 6.92 Å². The van der Waals surface area contributed by atoms with Gasteiger partial charge in [-0.1, -0.05) is 0 Å². The number of carbonyl (C=O) groups excluding carboxylic acids is 1. The van der Waals surface area contributed by atoms with Gasteiger partial charge in [0.2, 0.25) is 0 Å². The molecule has 3 aromatic heterocycles. The van der Waals surface area contributed by atoms with E-state index < -0.39 is 17.3 Å². The molecule has 2 atom stereocenters. The smallest absolute Gasteiger partial charge is 0.416 e. The van der Waals surface area contributed by atoms with Gasteiger partial charge in [0.25, 0.3) is 0 Å². The lowest BCUT2D eigenvalue weighted by atomic mass is 10.1. The highest BCUT2D eigenvalue weighted by atomic mass is 19.4. The Hall–Kier alpha value is -3.37. The molecule has 0 N–H and O–H groups in total. The second kappa shape index (κ2) is 8.69. The molecule has 1 fully saturated rings. The predicted molar refractivity (Wildman–Crippen MR) is 126 cm³/mol. The van der Waals surface area contributed by atoms with Gasteiger partial charge < -0.3 is 14.5 Å². The molecule has 3 aromatic rings. The van der Waals surface area contributed by atoms with Crippen molar-refractivity contribution in [2.45, 2.75) is 65.4 Å². The minimum absolute atomic E-state index is 0.0775. The van der Waals surface area contributed by atoms with E-state index >= 15 is 0 Å².